The number of thioether (sulfide) groups is 1. The lowest BCUT2D eigenvalue weighted by Crippen LogP contribution is -2.48. The van der Waals surface area contributed by atoms with Crippen LogP contribution in [0, 0.1) is 5.41 Å². The zero-order valence-electron chi connectivity index (χ0n) is 13.0. The second kappa shape index (κ2) is 8.26. The summed E-state index contributed by atoms with van der Waals surface area (Å²) in [6.07, 6.45) is 1.93. The minimum Gasteiger partial charge on any atom is -0.358 e. The number of rotatable bonds is 7. The smallest absolute Gasteiger partial charge is 0.230 e. The van der Waals surface area contributed by atoms with Crippen LogP contribution in [-0.2, 0) is 14.4 Å². The molecule has 0 bridgehead atoms. The van der Waals surface area contributed by atoms with E-state index in [-0.39, 0.29) is 34.6 Å². The van der Waals surface area contributed by atoms with E-state index in [0.29, 0.717) is 13.1 Å². The van der Waals surface area contributed by atoms with Crippen LogP contribution in [0.2, 0.25) is 0 Å². The molecule has 1 saturated heterocycles. The van der Waals surface area contributed by atoms with Crippen molar-refractivity contribution in [1.29, 1.82) is 0 Å². The van der Waals surface area contributed by atoms with Gasteiger partial charge in [-0.15, -0.1) is 11.8 Å². The maximum atomic E-state index is 12.2. The molecule has 7 heteroatoms. The highest BCUT2D eigenvalue weighted by Gasteiger charge is 2.35. The van der Waals surface area contributed by atoms with Crippen molar-refractivity contribution in [2.75, 3.05) is 38.2 Å². The molecule has 3 amide bonds. The van der Waals surface area contributed by atoms with Crippen molar-refractivity contribution >= 4 is 29.5 Å². The van der Waals surface area contributed by atoms with Gasteiger partial charge in [0.15, 0.2) is 0 Å². The number of likely N-dealkylation sites (tertiary alicyclic amines) is 1. The molecule has 0 aromatic carbocycles. The quantitative estimate of drug-likeness (QED) is 0.705. The monoisotopic (exact) mass is 315 g/mol. The van der Waals surface area contributed by atoms with Gasteiger partial charge in [-0.2, -0.15) is 0 Å². The molecule has 1 aliphatic rings. The number of nitrogens with one attached hydrogen (secondary N) is 2. The van der Waals surface area contributed by atoms with Crippen molar-refractivity contribution in [3.8, 4) is 0 Å². The number of carbonyl (C=O) groups is 3. The minimum atomic E-state index is -0.286. The maximum Gasteiger partial charge on any atom is 0.230 e. The third-order valence-corrected chi connectivity index (χ3v) is 4.48. The first-order valence-electron chi connectivity index (χ1n) is 7.21. The Labute approximate surface area is 130 Å². The molecule has 0 aromatic heterocycles. The molecule has 0 radical (unpaired) electrons. The Balaban J connectivity index is 2.19. The number of nitrogens with zero attached hydrogens (tertiary/aromatic N) is 1. The van der Waals surface area contributed by atoms with Crippen molar-refractivity contribution < 1.29 is 14.4 Å². The van der Waals surface area contributed by atoms with Crippen molar-refractivity contribution in [3.05, 3.63) is 0 Å². The molecule has 0 atom stereocenters. The molecule has 21 heavy (non-hydrogen) atoms. The van der Waals surface area contributed by atoms with Crippen molar-refractivity contribution in [1.82, 2.24) is 15.5 Å². The molecule has 2 N–H and O–H groups in total. The summed E-state index contributed by atoms with van der Waals surface area (Å²) < 4.78 is 0. The van der Waals surface area contributed by atoms with Gasteiger partial charge in [0.1, 0.15) is 0 Å². The Hall–Kier alpha value is -1.24. The molecule has 1 heterocycles. The largest absolute Gasteiger partial charge is 0.358 e. The van der Waals surface area contributed by atoms with E-state index in [1.165, 1.54) is 11.8 Å². The highest BCUT2D eigenvalue weighted by Crippen LogP contribution is 2.29. The van der Waals surface area contributed by atoms with Gasteiger partial charge in [-0.05, 0) is 12.8 Å². The second-order valence-corrected chi connectivity index (χ2v) is 6.78. The van der Waals surface area contributed by atoms with Gasteiger partial charge in [0.25, 0.3) is 0 Å². The summed E-state index contributed by atoms with van der Waals surface area (Å²) in [7, 11) is 1.57. The fraction of sp³-hybridized carbons (Fsp3) is 0.786. The van der Waals surface area contributed by atoms with Crippen LogP contribution in [0.15, 0.2) is 0 Å². The van der Waals surface area contributed by atoms with Crippen LogP contribution in [0.25, 0.3) is 0 Å². The van der Waals surface area contributed by atoms with Crippen LogP contribution in [0.3, 0.4) is 0 Å². The van der Waals surface area contributed by atoms with Gasteiger partial charge < -0.3 is 15.5 Å². The Kier molecular flexibility index (Phi) is 7.01. The van der Waals surface area contributed by atoms with E-state index in [4.69, 9.17) is 0 Å². The number of piperidine rings is 1. The topological polar surface area (TPSA) is 78.5 Å². The summed E-state index contributed by atoms with van der Waals surface area (Å²) in [5.41, 5.74) is -0.286. The van der Waals surface area contributed by atoms with Crippen molar-refractivity contribution in [2.24, 2.45) is 5.41 Å². The fourth-order valence-corrected chi connectivity index (χ4v) is 2.97. The lowest BCUT2D eigenvalue weighted by molar-refractivity contribution is -0.144. The summed E-state index contributed by atoms with van der Waals surface area (Å²) in [4.78, 5) is 36.6. The summed E-state index contributed by atoms with van der Waals surface area (Å²) in [6, 6.07) is 0. The van der Waals surface area contributed by atoms with Gasteiger partial charge in [0, 0.05) is 32.1 Å². The third-order valence-electron chi connectivity index (χ3n) is 3.55. The average Bonchev–Trinajstić information content (AvgIpc) is 2.43. The van der Waals surface area contributed by atoms with Gasteiger partial charge in [0.2, 0.25) is 17.7 Å². The summed E-state index contributed by atoms with van der Waals surface area (Å²) >= 11 is 1.28. The Morgan fingerprint density at radius 1 is 1.29 bits per heavy atom. The molecule has 0 saturated carbocycles. The SMILES string of the molecule is CNC(=O)CSCC(=O)NCCN1CCCC(C)(C)C1=O. The van der Waals surface area contributed by atoms with Gasteiger partial charge in [-0.3, -0.25) is 14.4 Å². The molecular weight excluding hydrogens is 290 g/mol. The van der Waals surface area contributed by atoms with Gasteiger partial charge >= 0.3 is 0 Å². The summed E-state index contributed by atoms with van der Waals surface area (Å²) in [5, 5.41) is 5.29. The number of hydrogen-bond donors (Lipinski definition) is 2. The summed E-state index contributed by atoms with van der Waals surface area (Å²) in [5.74, 6) is 0.508. The predicted octanol–water partition coefficient (Wildman–Crippen LogP) is 0.230. The van der Waals surface area contributed by atoms with Crippen LogP contribution < -0.4 is 10.6 Å². The normalized spacial score (nSPS) is 17.5. The van der Waals surface area contributed by atoms with Gasteiger partial charge in [0.05, 0.1) is 11.5 Å². The van der Waals surface area contributed by atoms with Gasteiger partial charge in [-0.25, -0.2) is 0 Å². The van der Waals surface area contributed by atoms with Crippen LogP contribution in [0.1, 0.15) is 26.7 Å². The minimum absolute atomic E-state index is 0.0889. The number of hydrogen-bond acceptors (Lipinski definition) is 4. The van der Waals surface area contributed by atoms with E-state index >= 15 is 0 Å². The van der Waals surface area contributed by atoms with E-state index in [1.807, 2.05) is 18.7 Å². The third kappa shape index (κ3) is 5.95. The predicted molar refractivity (Wildman–Crippen MR) is 84.0 cm³/mol. The molecule has 120 valence electrons. The first kappa shape index (κ1) is 17.8. The van der Waals surface area contributed by atoms with Crippen LogP contribution in [0.5, 0.6) is 0 Å². The first-order valence-corrected chi connectivity index (χ1v) is 8.36. The average molecular weight is 315 g/mol. The van der Waals surface area contributed by atoms with Crippen LogP contribution >= 0.6 is 11.8 Å². The maximum absolute atomic E-state index is 12.2. The zero-order valence-corrected chi connectivity index (χ0v) is 13.8. The molecule has 0 spiro atoms. The molecular formula is C14H25N3O3S. The Bertz CT molecular complexity index is 399. The highest BCUT2D eigenvalue weighted by atomic mass is 32.2. The standard InChI is InChI=1S/C14H25N3O3S/c1-14(2)5-4-7-17(13(14)20)8-6-16-12(19)10-21-9-11(18)15-3/h4-10H2,1-3H3,(H,15,18)(H,16,19). The molecule has 0 aromatic rings. The van der Waals surface area contributed by atoms with Crippen LogP contribution in [-0.4, -0.2) is 60.8 Å². The molecule has 1 fully saturated rings. The summed E-state index contributed by atoms with van der Waals surface area (Å²) in [6.45, 7) is 5.71. The Morgan fingerprint density at radius 3 is 2.62 bits per heavy atom. The van der Waals surface area contributed by atoms with Crippen LogP contribution in [0.4, 0.5) is 0 Å². The van der Waals surface area contributed by atoms with E-state index < -0.39 is 0 Å². The van der Waals surface area contributed by atoms with Crippen molar-refractivity contribution in [2.45, 2.75) is 26.7 Å². The van der Waals surface area contributed by atoms with E-state index in [0.717, 1.165) is 19.4 Å². The molecule has 6 nitrogen and oxygen atoms in total. The Morgan fingerprint density at radius 2 is 1.95 bits per heavy atom. The van der Waals surface area contributed by atoms with Crippen molar-refractivity contribution in [3.63, 3.8) is 0 Å². The number of amides is 3. The lowest BCUT2D eigenvalue weighted by atomic mass is 9.83. The fourth-order valence-electron chi connectivity index (χ4n) is 2.25. The molecule has 1 rings (SSSR count). The van der Waals surface area contributed by atoms with E-state index in [2.05, 4.69) is 10.6 Å². The molecule has 0 unspecified atom stereocenters. The second-order valence-electron chi connectivity index (χ2n) is 5.80. The van der Waals surface area contributed by atoms with E-state index in [9.17, 15) is 14.4 Å². The first-order chi connectivity index (χ1) is 9.86. The molecule has 1 aliphatic heterocycles. The lowest BCUT2D eigenvalue weighted by Gasteiger charge is -2.37. The molecule has 0 aliphatic carbocycles. The van der Waals surface area contributed by atoms with Gasteiger partial charge in [-0.1, -0.05) is 13.8 Å². The number of carbonyl (C=O) groups excluding carboxylic acids is 3. The highest BCUT2D eigenvalue weighted by molar-refractivity contribution is 8.00. The van der Waals surface area contributed by atoms with E-state index in [1.54, 1.807) is 7.05 Å². The zero-order chi connectivity index (χ0) is 15.9.